The van der Waals surface area contributed by atoms with Gasteiger partial charge in [-0.2, -0.15) is 0 Å². The van der Waals surface area contributed by atoms with Crippen molar-refractivity contribution in [1.29, 1.82) is 0 Å². The van der Waals surface area contributed by atoms with Crippen LogP contribution in [-0.4, -0.2) is 5.48 Å². The lowest BCUT2D eigenvalue weighted by Gasteiger charge is -2.56. The summed E-state index contributed by atoms with van der Waals surface area (Å²) < 4.78 is 0. The van der Waals surface area contributed by atoms with Gasteiger partial charge in [0.1, 0.15) is 0 Å². The second kappa shape index (κ2) is 2.34. The molecule has 2 bridgehead atoms. The number of hydrogen-bond donors (Lipinski definition) is 0. The van der Waals surface area contributed by atoms with Gasteiger partial charge in [-0.05, 0) is 37.0 Å². The molecule has 0 aromatic rings. The van der Waals surface area contributed by atoms with E-state index in [0.29, 0.717) is 5.41 Å². The molecule has 0 aromatic carbocycles. The molecule has 2 atom stereocenters. The fourth-order valence-electron chi connectivity index (χ4n) is 2.66. The van der Waals surface area contributed by atoms with Crippen LogP contribution in [0.1, 0.15) is 33.6 Å². The molecule has 0 heterocycles. The fourth-order valence-corrected chi connectivity index (χ4v) is 2.66. The Labute approximate surface area is 68.8 Å². The lowest BCUT2D eigenvalue weighted by molar-refractivity contribution is -0.00579. The van der Waals surface area contributed by atoms with E-state index in [2.05, 4.69) is 26.8 Å². The second-order valence-corrected chi connectivity index (χ2v) is 4.49. The Morgan fingerprint density at radius 2 is 2.09 bits per heavy atom. The molecule has 1 nitrogen and oxygen atoms in total. The number of hydrogen-bond acceptors (Lipinski definition) is 0. The molecule has 2 unspecified atom stereocenters. The Morgan fingerprint density at radius 3 is 2.36 bits per heavy atom. The SMILES string of the molecule is CC1=CCC2CC1C2(C)C.O. The van der Waals surface area contributed by atoms with Crippen molar-refractivity contribution in [3.63, 3.8) is 0 Å². The molecular weight excluding hydrogens is 136 g/mol. The van der Waals surface area contributed by atoms with Gasteiger partial charge in [0.15, 0.2) is 0 Å². The Hall–Kier alpha value is -0.300. The molecule has 0 saturated heterocycles. The van der Waals surface area contributed by atoms with Gasteiger partial charge in [-0.3, -0.25) is 0 Å². The van der Waals surface area contributed by atoms with Gasteiger partial charge in [-0.1, -0.05) is 25.5 Å². The zero-order valence-electron chi connectivity index (χ0n) is 7.65. The second-order valence-electron chi connectivity index (χ2n) is 4.49. The highest BCUT2D eigenvalue weighted by atomic mass is 16.0. The summed E-state index contributed by atoms with van der Waals surface area (Å²) in [5, 5.41) is 0. The maximum Gasteiger partial charge on any atom is -0.0149 e. The van der Waals surface area contributed by atoms with Crippen LogP contribution in [0.3, 0.4) is 0 Å². The molecule has 1 saturated carbocycles. The largest absolute Gasteiger partial charge is 0.412 e. The van der Waals surface area contributed by atoms with E-state index < -0.39 is 0 Å². The number of allylic oxidation sites excluding steroid dienone is 2. The van der Waals surface area contributed by atoms with Gasteiger partial charge in [-0.25, -0.2) is 0 Å². The van der Waals surface area contributed by atoms with E-state index in [0.717, 1.165) is 11.8 Å². The van der Waals surface area contributed by atoms with Crippen molar-refractivity contribution >= 4 is 0 Å². The van der Waals surface area contributed by atoms with Crippen molar-refractivity contribution in [1.82, 2.24) is 0 Å². The molecule has 0 amide bonds. The molecule has 11 heavy (non-hydrogen) atoms. The minimum absolute atomic E-state index is 0. The third-order valence-corrected chi connectivity index (χ3v) is 3.74. The maximum absolute atomic E-state index is 2.43. The Balaban J connectivity index is 0.000000605. The molecule has 3 rings (SSSR count). The first-order valence-corrected chi connectivity index (χ1v) is 4.29. The topological polar surface area (TPSA) is 31.5 Å². The zero-order valence-corrected chi connectivity index (χ0v) is 7.65. The lowest BCUT2D eigenvalue weighted by atomic mass is 9.49. The minimum atomic E-state index is 0. The Bertz CT molecular complexity index is 191. The predicted octanol–water partition coefficient (Wildman–Crippen LogP) is 2.17. The first-order valence-electron chi connectivity index (χ1n) is 4.29. The van der Waals surface area contributed by atoms with Crippen LogP contribution in [-0.2, 0) is 0 Å². The number of rotatable bonds is 0. The van der Waals surface area contributed by atoms with Gasteiger partial charge >= 0.3 is 0 Å². The fraction of sp³-hybridized carbons (Fsp3) is 0.800. The van der Waals surface area contributed by atoms with Crippen LogP contribution >= 0.6 is 0 Å². The average Bonchev–Trinajstić information content (AvgIpc) is 1.87. The Kier molecular flexibility index (Phi) is 1.87. The molecule has 0 aromatic heterocycles. The van der Waals surface area contributed by atoms with E-state index in [4.69, 9.17) is 0 Å². The van der Waals surface area contributed by atoms with Gasteiger partial charge in [0, 0.05) is 0 Å². The minimum Gasteiger partial charge on any atom is -0.412 e. The average molecular weight is 154 g/mol. The molecule has 3 aliphatic carbocycles. The highest BCUT2D eigenvalue weighted by molar-refractivity contribution is 5.21. The van der Waals surface area contributed by atoms with E-state index >= 15 is 0 Å². The van der Waals surface area contributed by atoms with Crippen LogP contribution in [0.5, 0.6) is 0 Å². The van der Waals surface area contributed by atoms with Gasteiger partial charge in [0.25, 0.3) is 0 Å². The van der Waals surface area contributed by atoms with Crippen LogP contribution < -0.4 is 0 Å². The normalized spacial score (nSPS) is 38.3. The van der Waals surface area contributed by atoms with E-state index in [1.54, 1.807) is 5.57 Å². The summed E-state index contributed by atoms with van der Waals surface area (Å²) >= 11 is 0. The summed E-state index contributed by atoms with van der Waals surface area (Å²) in [4.78, 5) is 0. The van der Waals surface area contributed by atoms with Crippen molar-refractivity contribution in [3.05, 3.63) is 11.6 Å². The smallest absolute Gasteiger partial charge is 0.0149 e. The van der Waals surface area contributed by atoms with Gasteiger partial charge < -0.3 is 5.48 Å². The van der Waals surface area contributed by atoms with Crippen LogP contribution in [0.15, 0.2) is 11.6 Å². The van der Waals surface area contributed by atoms with E-state index in [9.17, 15) is 0 Å². The molecule has 0 spiro atoms. The molecule has 1 heteroatoms. The van der Waals surface area contributed by atoms with E-state index in [1.165, 1.54) is 12.8 Å². The van der Waals surface area contributed by atoms with Crippen LogP contribution in [0.4, 0.5) is 0 Å². The van der Waals surface area contributed by atoms with Gasteiger partial charge in [0.2, 0.25) is 0 Å². The van der Waals surface area contributed by atoms with E-state index in [-0.39, 0.29) is 5.48 Å². The third-order valence-electron chi connectivity index (χ3n) is 3.74. The molecule has 2 N–H and O–H groups in total. The summed E-state index contributed by atoms with van der Waals surface area (Å²) in [6.45, 7) is 7.13. The quantitative estimate of drug-likeness (QED) is 0.479. The van der Waals surface area contributed by atoms with Crippen LogP contribution in [0.2, 0.25) is 0 Å². The van der Waals surface area contributed by atoms with Crippen molar-refractivity contribution in [2.75, 3.05) is 0 Å². The van der Waals surface area contributed by atoms with Crippen molar-refractivity contribution in [2.45, 2.75) is 33.6 Å². The van der Waals surface area contributed by atoms with Crippen LogP contribution in [0.25, 0.3) is 0 Å². The molecule has 64 valence electrons. The van der Waals surface area contributed by atoms with Gasteiger partial charge in [0.05, 0.1) is 0 Å². The van der Waals surface area contributed by atoms with Crippen molar-refractivity contribution < 1.29 is 5.48 Å². The Morgan fingerprint density at radius 1 is 1.45 bits per heavy atom. The molecule has 3 aliphatic rings. The highest BCUT2D eigenvalue weighted by Crippen LogP contribution is 2.58. The predicted molar refractivity (Wildman–Crippen MR) is 47.4 cm³/mol. The maximum atomic E-state index is 2.43. The summed E-state index contributed by atoms with van der Waals surface area (Å²) in [7, 11) is 0. The standard InChI is InChI=1S/C10H16.H2O/c1-7-4-5-8-6-9(7)10(8,2)3;/h4,8-9H,5-6H2,1-3H3;1H2. The van der Waals surface area contributed by atoms with E-state index in [1.807, 2.05) is 0 Å². The summed E-state index contributed by atoms with van der Waals surface area (Å²) in [5.41, 5.74) is 2.28. The number of fused-ring (bicyclic) bond motifs is 1. The highest BCUT2D eigenvalue weighted by Gasteiger charge is 2.49. The summed E-state index contributed by atoms with van der Waals surface area (Å²) in [6, 6.07) is 0. The molecule has 0 aliphatic heterocycles. The molecule has 1 fully saturated rings. The van der Waals surface area contributed by atoms with Gasteiger partial charge in [-0.15, -0.1) is 0 Å². The van der Waals surface area contributed by atoms with Crippen molar-refractivity contribution in [3.8, 4) is 0 Å². The zero-order chi connectivity index (χ0) is 7.35. The molecular formula is C10H18O. The third kappa shape index (κ3) is 0.943. The van der Waals surface area contributed by atoms with Crippen LogP contribution in [0, 0.1) is 17.3 Å². The lowest BCUT2D eigenvalue weighted by Crippen LogP contribution is -2.47. The summed E-state index contributed by atoms with van der Waals surface area (Å²) in [5.74, 6) is 1.92. The monoisotopic (exact) mass is 154 g/mol. The first kappa shape index (κ1) is 8.79. The van der Waals surface area contributed by atoms with Crippen molar-refractivity contribution in [2.24, 2.45) is 17.3 Å². The summed E-state index contributed by atoms with van der Waals surface area (Å²) in [6.07, 6.45) is 5.24. The molecule has 0 radical (unpaired) electrons. The first-order chi connectivity index (χ1) is 4.62.